The first-order valence-electron chi connectivity index (χ1n) is 5.75. The zero-order valence-corrected chi connectivity index (χ0v) is 11.2. The molecule has 0 bridgehead atoms. The number of hydrogen-bond donors (Lipinski definition) is 3. The number of urea groups is 1. The number of aryl methyl sites for hydroxylation is 1. The molecule has 0 saturated carbocycles. The van der Waals surface area contributed by atoms with Crippen molar-refractivity contribution in [2.24, 2.45) is 0 Å². The van der Waals surface area contributed by atoms with Gasteiger partial charge in [-0.05, 0) is 26.0 Å². The molecule has 0 aliphatic carbocycles. The summed E-state index contributed by atoms with van der Waals surface area (Å²) in [6.45, 7) is 3.20. The van der Waals surface area contributed by atoms with E-state index in [0.29, 0.717) is 5.69 Å². The summed E-state index contributed by atoms with van der Waals surface area (Å²) >= 11 is 0. The van der Waals surface area contributed by atoms with Crippen molar-refractivity contribution < 1.29 is 19.4 Å². The van der Waals surface area contributed by atoms with E-state index in [1.807, 2.05) is 19.1 Å². The molecular weight excluding hydrogens is 248 g/mol. The third-order valence-electron chi connectivity index (χ3n) is 2.60. The molecule has 0 spiro atoms. The highest BCUT2D eigenvalue weighted by Gasteiger charge is 2.35. The average molecular weight is 266 g/mol. The number of hydrogen-bond acceptors (Lipinski definition) is 3. The Hall–Kier alpha value is -2.08. The minimum atomic E-state index is -1.47. The Morgan fingerprint density at radius 3 is 2.37 bits per heavy atom. The van der Waals surface area contributed by atoms with Crippen LogP contribution in [-0.2, 0) is 9.53 Å². The van der Waals surface area contributed by atoms with E-state index in [0.717, 1.165) is 5.56 Å². The lowest BCUT2D eigenvalue weighted by molar-refractivity contribution is -0.145. The number of nitrogens with one attached hydrogen (secondary N) is 2. The molecule has 0 heterocycles. The van der Waals surface area contributed by atoms with Crippen LogP contribution in [0, 0.1) is 6.92 Å². The number of carboxylic acids is 1. The van der Waals surface area contributed by atoms with Crippen molar-refractivity contribution in [1.82, 2.24) is 5.32 Å². The summed E-state index contributed by atoms with van der Waals surface area (Å²) in [4.78, 5) is 22.9. The van der Waals surface area contributed by atoms with Gasteiger partial charge >= 0.3 is 12.0 Å². The monoisotopic (exact) mass is 266 g/mol. The molecule has 0 unspecified atom stereocenters. The van der Waals surface area contributed by atoms with Crippen LogP contribution < -0.4 is 10.6 Å². The zero-order chi connectivity index (χ0) is 14.5. The second-order valence-corrected chi connectivity index (χ2v) is 4.52. The van der Waals surface area contributed by atoms with Gasteiger partial charge in [0.15, 0.2) is 5.54 Å². The van der Waals surface area contributed by atoms with E-state index in [9.17, 15) is 9.59 Å². The minimum Gasteiger partial charge on any atom is -0.479 e. The topological polar surface area (TPSA) is 87.7 Å². The Balaban J connectivity index is 2.68. The van der Waals surface area contributed by atoms with Gasteiger partial charge in [0, 0.05) is 12.8 Å². The Bertz CT molecular complexity index is 458. The molecule has 19 heavy (non-hydrogen) atoms. The predicted molar refractivity (Wildman–Crippen MR) is 71.3 cm³/mol. The highest BCUT2D eigenvalue weighted by molar-refractivity contribution is 5.93. The van der Waals surface area contributed by atoms with Gasteiger partial charge in [0.05, 0.1) is 6.61 Å². The van der Waals surface area contributed by atoms with Crippen LogP contribution in [-0.4, -0.2) is 36.4 Å². The molecule has 0 fully saturated rings. The third kappa shape index (κ3) is 4.26. The number of carbonyl (C=O) groups is 2. The van der Waals surface area contributed by atoms with Crippen molar-refractivity contribution >= 4 is 17.7 Å². The van der Waals surface area contributed by atoms with E-state index in [1.165, 1.54) is 14.0 Å². The maximum Gasteiger partial charge on any atom is 0.331 e. The molecule has 104 valence electrons. The maximum absolute atomic E-state index is 11.8. The van der Waals surface area contributed by atoms with Gasteiger partial charge in [-0.1, -0.05) is 17.7 Å². The second kappa shape index (κ2) is 6.19. The molecule has 0 aromatic heterocycles. The standard InChI is InChI=1S/C13H18N2O4/c1-9-4-6-10(7-5-9)14-12(18)15-13(2,8-19-3)11(16)17/h4-7H,8H2,1-3H3,(H,16,17)(H2,14,15,18)/t13-/m1/s1. The third-order valence-corrected chi connectivity index (χ3v) is 2.60. The van der Waals surface area contributed by atoms with Crippen LogP contribution in [0.5, 0.6) is 0 Å². The van der Waals surface area contributed by atoms with Crippen LogP contribution >= 0.6 is 0 Å². The van der Waals surface area contributed by atoms with E-state index < -0.39 is 17.5 Å². The lowest BCUT2D eigenvalue weighted by atomic mass is 10.1. The lowest BCUT2D eigenvalue weighted by Crippen LogP contribution is -2.56. The normalized spacial score (nSPS) is 13.4. The van der Waals surface area contributed by atoms with Crippen molar-refractivity contribution in [2.45, 2.75) is 19.4 Å². The van der Waals surface area contributed by atoms with Crippen molar-refractivity contribution in [2.75, 3.05) is 19.0 Å². The fourth-order valence-corrected chi connectivity index (χ4v) is 1.49. The number of carboxylic acid groups (broad SMARTS) is 1. The number of carbonyl (C=O) groups excluding carboxylic acids is 1. The SMILES string of the molecule is COC[C@@](C)(NC(=O)Nc1ccc(C)cc1)C(=O)O. The van der Waals surface area contributed by atoms with Gasteiger partial charge in [-0.25, -0.2) is 9.59 Å². The molecule has 6 nitrogen and oxygen atoms in total. The Labute approximate surface area is 111 Å². The number of aliphatic carboxylic acids is 1. The van der Waals surface area contributed by atoms with Crippen molar-refractivity contribution in [3.63, 3.8) is 0 Å². The van der Waals surface area contributed by atoms with Crippen molar-refractivity contribution in [3.8, 4) is 0 Å². The maximum atomic E-state index is 11.8. The molecule has 0 saturated heterocycles. The molecule has 0 radical (unpaired) electrons. The fraction of sp³-hybridized carbons (Fsp3) is 0.385. The van der Waals surface area contributed by atoms with Crippen molar-refractivity contribution in [1.29, 1.82) is 0 Å². The largest absolute Gasteiger partial charge is 0.479 e. The summed E-state index contributed by atoms with van der Waals surface area (Å²) in [6.07, 6.45) is 0. The Morgan fingerprint density at radius 2 is 1.89 bits per heavy atom. The Kier molecular flexibility index (Phi) is 4.88. The minimum absolute atomic E-state index is 0.121. The van der Waals surface area contributed by atoms with E-state index in [-0.39, 0.29) is 6.61 Å². The number of ether oxygens (including phenoxy) is 1. The molecular formula is C13H18N2O4. The summed E-state index contributed by atoms with van der Waals surface area (Å²) in [6, 6.07) is 6.58. The molecule has 2 amide bonds. The molecule has 1 aromatic rings. The first kappa shape index (κ1) is 15.0. The van der Waals surface area contributed by atoms with E-state index in [1.54, 1.807) is 12.1 Å². The molecule has 1 atom stereocenters. The van der Waals surface area contributed by atoms with Crippen molar-refractivity contribution in [3.05, 3.63) is 29.8 Å². The van der Waals surface area contributed by atoms with E-state index in [4.69, 9.17) is 9.84 Å². The molecule has 3 N–H and O–H groups in total. The number of benzene rings is 1. The van der Waals surface area contributed by atoms with Crippen LogP contribution in [0.4, 0.5) is 10.5 Å². The van der Waals surface area contributed by atoms with E-state index >= 15 is 0 Å². The highest BCUT2D eigenvalue weighted by atomic mass is 16.5. The molecule has 0 aliphatic heterocycles. The summed E-state index contributed by atoms with van der Waals surface area (Å²) in [5, 5.41) is 14.0. The quantitative estimate of drug-likeness (QED) is 0.755. The highest BCUT2D eigenvalue weighted by Crippen LogP contribution is 2.10. The predicted octanol–water partition coefficient (Wildman–Crippen LogP) is 1.61. The molecule has 1 aromatic carbocycles. The first-order chi connectivity index (χ1) is 8.87. The summed E-state index contributed by atoms with van der Waals surface area (Å²) in [5.74, 6) is -1.16. The number of rotatable bonds is 5. The van der Waals surface area contributed by atoms with E-state index in [2.05, 4.69) is 10.6 Å². The van der Waals surface area contributed by atoms with Gasteiger partial charge < -0.3 is 20.5 Å². The van der Waals surface area contributed by atoms with Gasteiger partial charge in [-0.2, -0.15) is 0 Å². The van der Waals surface area contributed by atoms with Gasteiger partial charge in [-0.3, -0.25) is 0 Å². The Morgan fingerprint density at radius 1 is 1.32 bits per heavy atom. The van der Waals surface area contributed by atoms with Crippen LogP contribution in [0.1, 0.15) is 12.5 Å². The molecule has 6 heteroatoms. The van der Waals surface area contributed by atoms with Gasteiger partial charge in [0.1, 0.15) is 0 Å². The van der Waals surface area contributed by atoms with Crippen LogP contribution in [0.25, 0.3) is 0 Å². The first-order valence-corrected chi connectivity index (χ1v) is 5.75. The second-order valence-electron chi connectivity index (χ2n) is 4.52. The van der Waals surface area contributed by atoms with Gasteiger partial charge in [-0.15, -0.1) is 0 Å². The summed E-state index contributed by atoms with van der Waals surface area (Å²) in [7, 11) is 1.38. The summed E-state index contributed by atoms with van der Waals surface area (Å²) in [5.41, 5.74) is 0.192. The average Bonchev–Trinajstić information content (AvgIpc) is 2.32. The summed E-state index contributed by atoms with van der Waals surface area (Å²) < 4.78 is 4.81. The number of methoxy groups -OCH3 is 1. The fourth-order valence-electron chi connectivity index (χ4n) is 1.49. The number of amides is 2. The van der Waals surface area contributed by atoms with Crippen LogP contribution in [0.2, 0.25) is 0 Å². The van der Waals surface area contributed by atoms with Gasteiger partial charge in [0.25, 0.3) is 0 Å². The molecule has 1 rings (SSSR count). The zero-order valence-electron chi connectivity index (χ0n) is 11.2. The lowest BCUT2D eigenvalue weighted by Gasteiger charge is -2.25. The molecule has 0 aliphatic rings. The number of anilines is 1. The van der Waals surface area contributed by atoms with Gasteiger partial charge in [0.2, 0.25) is 0 Å². The van der Waals surface area contributed by atoms with Crippen LogP contribution in [0.3, 0.4) is 0 Å². The van der Waals surface area contributed by atoms with Crippen LogP contribution in [0.15, 0.2) is 24.3 Å². The smallest absolute Gasteiger partial charge is 0.331 e.